The second-order valence-corrected chi connectivity index (χ2v) is 5.01. The smallest absolute Gasteiger partial charge is 0.304 e. The van der Waals surface area contributed by atoms with Crippen molar-refractivity contribution in [3.05, 3.63) is 65.5 Å². The molecule has 1 aromatic carbocycles. The molecular weight excluding hydrogens is 277 g/mol. The van der Waals surface area contributed by atoms with Crippen LogP contribution in [0.3, 0.4) is 0 Å². The standard InChI is InChI=1S/C16H17F3N2/c1-11(13-6-8-20-9-7-13)21-12(2)14-4-3-5-15(10-14)16(17,18)19/h3-12,21H,1-2H3/t11-,12?/m1/s1. The van der Waals surface area contributed by atoms with E-state index in [9.17, 15) is 13.2 Å². The minimum absolute atomic E-state index is 0.0255. The monoisotopic (exact) mass is 294 g/mol. The van der Waals surface area contributed by atoms with Crippen LogP contribution in [0.4, 0.5) is 13.2 Å². The van der Waals surface area contributed by atoms with Crippen LogP contribution in [0.15, 0.2) is 48.8 Å². The molecule has 1 unspecified atom stereocenters. The molecular formula is C16H17F3N2. The Bertz CT molecular complexity index is 582. The van der Waals surface area contributed by atoms with Crippen molar-refractivity contribution in [2.45, 2.75) is 32.1 Å². The minimum Gasteiger partial charge on any atom is -0.304 e. The van der Waals surface area contributed by atoms with Crippen LogP contribution in [0.5, 0.6) is 0 Å². The van der Waals surface area contributed by atoms with Gasteiger partial charge >= 0.3 is 6.18 Å². The maximum Gasteiger partial charge on any atom is 0.416 e. The molecule has 0 spiro atoms. The van der Waals surface area contributed by atoms with Gasteiger partial charge in [-0.25, -0.2) is 0 Å². The summed E-state index contributed by atoms with van der Waals surface area (Å²) in [4.78, 5) is 3.95. The Hall–Kier alpha value is -1.88. The lowest BCUT2D eigenvalue weighted by molar-refractivity contribution is -0.137. The first kappa shape index (κ1) is 15.5. The number of hydrogen-bond donors (Lipinski definition) is 1. The molecule has 0 aliphatic rings. The number of benzene rings is 1. The fraction of sp³-hybridized carbons (Fsp3) is 0.312. The first-order chi connectivity index (χ1) is 9.88. The highest BCUT2D eigenvalue weighted by Crippen LogP contribution is 2.31. The van der Waals surface area contributed by atoms with E-state index in [1.165, 1.54) is 12.1 Å². The van der Waals surface area contributed by atoms with Crippen LogP contribution in [0.25, 0.3) is 0 Å². The topological polar surface area (TPSA) is 24.9 Å². The van der Waals surface area contributed by atoms with Crippen LogP contribution in [0.2, 0.25) is 0 Å². The van der Waals surface area contributed by atoms with Gasteiger partial charge in [0.1, 0.15) is 0 Å². The van der Waals surface area contributed by atoms with Crippen molar-refractivity contribution in [1.82, 2.24) is 10.3 Å². The number of hydrogen-bond acceptors (Lipinski definition) is 2. The number of nitrogens with zero attached hydrogens (tertiary/aromatic N) is 1. The van der Waals surface area contributed by atoms with E-state index in [2.05, 4.69) is 10.3 Å². The van der Waals surface area contributed by atoms with E-state index in [0.29, 0.717) is 5.56 Å². The highest BCUT2D eigenvalue weighted by Gasteiger charge is 2.30. The molecule has 1 heterocycles. The summed E-state index contributed by atoms with van der Waals surface area (Å²) in [6.45, 7) is 3.83. The van der Waals surface area contributed by atoms with Gasteiger partial charge in [-0.15, -0.1) is 0 Å². The summed E-state index contributed by atoms with van der Waals surface area (Å²) < 4.78 is 38.2. The van der Waals surface area contributed by atoms with Crippen LogP contribution < -0.4 is 5.32 Å². The van der Waals surface area contributed by atoms with E-state index in [-0.39, 0.29) is 12.1 Å². The molecule has 5 heteroatoms. The lowest BCUT2D eigenvalue weighted by Crippen LogP contribution is -2.22. The average molecular weight is 294 g/mol. The molecule has 2 nitrogen and oxygen atoms in total. The van der Waals surface area contributed by atoms with Crippen molar-refractivity contribution in [3.63, 3.8) is 0 Å². The first-order valence-corrected chi connectivity index (χ1v) is 6.71. The van der Waals surface area contributed by atoms with Crippen molar-refractivity contribution in [2.24, 2.45) is 0 Å². The van der Waals surface area contributed by atoms with Crippen LogP contribution >= 0.6 is 0 Å². The highest BCUT2D eigenvalue weighted by molar-refractivity contribution is 5.28. The second-order valence-electron chi connectivity index (χ2n) is 5.01. The normalized spacial score (nSPS) is 14.7. The van der Waals surface area contributed by atoms with Gasteiger partial charge in [0.25, 0.3) is 0 Å². The molecule has 0 radical (unpaired) electrons. The maximum atomic E-state index is 12.7. The molecule has 0 saturated heterocycles. The van der Waals surface area contributed by atoms with E-state index >= 15 is 0 Å². The van der Waals surface area contributed by atoms with Gasteiger partial charge < -0.3 is 5.32 Å². The number of pyridine rings is 1. The molecule has 0 amide bonds. The predicted molar refractivity (Wildman–Crippen MR) is 75.6 cm³/mol. The van der Waals surface area contributed by atoms with Gasteiger partial charge in [0.05, 0.1) is 5.56 Å². The van der Waals surface area contributed by atoms with Crippen LogP contribution in [-0.4, -0.2) is 4.98 Å². The van der Waals surface area contributed by atoms with Gasteiger partial charge in [0.2, 0.25) is 0 Å². The minimum atomic E-state index is -4.31. The molecule has 1 N–H and O–H groups in total. The van der Waals surface area contributed by atoms with E-state index < -0.39 is 11.7 Å². The van der Waals surface area contributed by atoms with Crippen molar-refractivity contribution < 1.29 is 13.2 Å². The van der Waals surface area contributed by atoms with Crippen molar-refractivity contribution >= 4 is 0 Å². The zero-order valence-electron chi connectivity index (χ0n) is 11.9. The molecule has 112 valence electrons. The number of aromatic nitrogens is 1. The molecule has 0 bridgehead atoms. The number of nitrogens with one attached hydrogen (secondary N) is 1. The Morgan fingerprint density at radius 2 is 1.57 bits per heavy atom. The Morgan fingerprint density at radius 3 is 2.19 bits per heavy atom. The summed E-state index contributed by atoms with van der Waals surface area (Å²) in [6.07, 6.45) is -0.919. The van der Waals surface area contributed by atoms with Crippen LogP contribution in [0.1, 0.15) is 42.6 Å². The Labute approximate surface area is 122 Å². The second kappa shape index (κ2) is 6.26. The summed E-state index contributed by atoms with van der Waals surface area (Å²) >= 11 is 0. The fourth-order valence-corrected chi connectivity index (χ4v) is 2.20. The third-order valence-corrected chi connectivity index (χ3v) is 3.42. The van der Waals surface area contributed by atoms with E-state index in [1.54, 1.807) is 18.5 Å². The lowest BCUT2D eigenvalue weighted by atomic mass is 10.0. The van der Waals surface area contributed by atoms with Gasteiger partial charge in [-0.2, -0.15) is 13.2 Å². The van der Waals surface area contributed by atoms with Gasteiger partial charge in [-0.1, -0.05) is 12.1 Å². The quantitative estimate of drug-likeness (QED) is 0.897. The van der Waals surface area contributed by atoms with Gasteiger partial charge in [-0.3, -0.25) is 4.98 Å². The SMILES string of the molecule is CC(N[C@H](C)c1ccncc1)c1cccc(C(F)(F)F)c1. The summed E-state index contributed by atoms with van der Waals surface area (Å²) in [5.41, 5.74) is 1.04. The molecule has 0 aliphatic heterocycles. The molecule has 2 rings (SSSR count). The predicted octanol–water partition coefficient (Wildman–Crippen LogP) is 4.51. The van der Waals surface area contributed by atoms with Gasteiger partial charge in [0.15, 0.2) is 0 Å². The van der Waals surface area contributed by atoms with Gasteiger partial charge in [-0.05, 0) is 49.2 Å². The van der Waals surface area contributed by atoms with E-state index in [1.807, 2.05) is 26.0 Å². The molecule has 0 saturated carbocycles. The van der Waals surface area contributed by atoms with E-state index in [4.69, 9.17) is 0 Å². The molecule has 2 atom stereocenters. The molecule has 21 heavy (non-hydrogen) atoms. The molecule has 1 aromatic heterocycles. The molecule has 2 aromatic rings. The average Bonchev–Trinajstić information content (AvgIpc) is 2.47. The van der Waals surface area contributed by atoms with Crippen molar-refractivity contribution in [1.29, 1.82) is 0 Å². The first-order valence-electron chi connectivity index (χ1n) is 6.71. The largest absolute Gasteiger partial charge is 0.416 e. The number of alkyl halides is 3. The number of halogens is 3. The third kappa shape index (κ3) is 4.04. The van der Waals surface area contributed by atoms with Crippen LogP contribution in [-0.2, 0) is 6.18 Å². The summed E-state index contributed by atoms with van der Waals surface area (Å²) in [7, 11) is 0. The Morgan fingerprint density at radius 1 is 0.952 bits per heavy atom. The maximum absolute atomic E-state index is 12.7. The zero-order valence-corrected chi connectivity index (χ0v) is 11.9. The van der Waals surface area contributed by atoms with Crippen molar-refractivity contribution in [3.8, 4) is 0 Å². The Balaban J connectivity index is 2.12. The summed E-state index contributed by atoms with van der Waals surface area (Å²) in [5.74, 6) is 0. The van der Waals surface area contributed by atoms with Crippen molar-refractivity contribution in [2.75, 3.05) is 0 Å². The molecule has 0 aliphatic carbocycles. The third-order valence-electron chi connectivity index (χ3n) is 3.42. The number of rotatable bonds is 4. The Kier molecular flexibility index (Phi) is 4.63. The highest BCUT2D eigenvalue weighted by atomic mass is 19.4. The van der Waals surface area contributed by atoms with Crippen LogP contribution in [0, 0.1) is 0 Å². The summed E-state index contributed by atoms with van der Waals surface area (Å²) in [5, 5.41) is 3.30. The van der Waals surface area contributed by atoms with E-state index in [0.717, 1.165) is 11.6 Å². The zero-order chi connectivity index (χ0) is 15.5. The fourth-order valence-electron chi connectivity index (χ4n) is 2.20. The van der Waals surface area contributed by atoms with Gasteiger partial charge in [0, 0.05) is 24.5 Å². The molecule has 0 fully saturated rings. The summed E-state index contributed by atoms with van der Waals surface area (Å²) in [6, 6.07) is 9.03. The lowest BCUT2D eigenvalue weighted by Gasteiger charge is -2.21.